The van der Waals surface area contributed by atoms with E-state index in [0.717, 1.165) is 34.3 Å². The summed E-state index contributed by atoms with van der Waals surface area (Å²) in [5.74, 6) is -0.775. The van der Waals surface area contributed by atoms with E-state index in [-0.39, 0.29) is 5.57 Å². The van der Waals surface area contributed by atoms with Crippen LogP contribution in [0.3, 0.4) is 0 Å². The van der Waals surface area contributed by atoms with Gasteiger partial charge in [-0.3, -0.25) is 14.9 Å². The zero-order valence-electron chi connectivity index (χ0n) is 16.7. The van der Waals surface area contributed by atoms with Gasteiger partial charge in [0.25, 0.3) is 11.8 Å². The molecule has 1 fully saturated rings. The minimum absolute atomic E-state index is 0.0928. The van der Waals surface area contributed by atoms with Crippen LogP contribution < -0.4 is 15.0 Å². The summed E-state index contributed by atoms with van der Waals surface area (Å²) in [7, 11) is 1.53. The Bertz CT molecular complexity index is 1170. The molecular formula is C23H21N3O4. The number of hydrogen-bond acceptors (Lipinski definition) is 4. The maximum absolute atomic E-state index is 13.1. The molecule has 3 aromatic rings. The second-order valence-electron chi connectivity index (χ2n) is 6.95. The molecule has 152 valence electrons. The first kappa shape index (κ1) is 19.4. The first-order valence-electron chi connectivity index (χ1n) is 9.67. The monoisotopic (exact) mass is 403 g/mol. The Morgan fingerprint density at radius 1 is 1.03 bits per heavy atom. The number of amides is 4. The van der Waals surface area contributed by atoms with Crippen LogP contribution in [0.1, 0.15) is 18.9 Å². The molecule has 7 nitrogen and oxygen atoms in total. The molecule has 0 saturated carbocycles. The van der Waals surface area contributed by atoms with E-state index in [1.807, 2.05) is 30.5 Å². The number of benzene rings is 2. The van der Waals surface area contributed by atoms with E-state index in [0.29, 0.717) is 11.4 Å². The first-order chi connectivity index (χ1) is 14.5. The molecule has 1 aliphatic rings. The highest BCUT2D eigenvalue weighted by Gasteiger charge is 2.37. The Kier molecular flexibility index (Phi) is 5.10. The number of rotatable bonds is 5. The van der Waals surface area contributed by atoms with Crippen LogP contribution in [0.4, 0.5) is 10.5 Å². The molecule has 2 aromatic carbocycles. The summed E-state index contributed by atoms with van der Waals surface area (Å²) in [5, 5.41) is 3.20. The van der Waals surface area contributed by atoms with Crippen molar-refractivity contribution in [3.63, 3.8) is 0 Å². The molecule has 2 heterocycles. The highest BCUT2D eigenvalue weighted by atomic mass is 16.5. The van der Waals surface area contributed by atoms with Crippen molar-refractivity contribution in [3.05, 3.63) is 65.9 Å². The molecule has 30 heavy (non-hydrogen) atoms. The molecule has 0 radical (unpaired) electrons. The molecule has 4 amide bonds. The van der Waals surface area contributed by atoms with Crippen molar-refractivity contribution < 1.29 is 19.1 Å². The number of ether oxygens (including phenoxy) is 1. The van der Waals surface area contributed by atoms with Gasteiger partial charge in [0.05, 0.1) is 12.8 Å². The van der Waals surface area contributed by atoms with Crippen LogP contribution in [0.2, 0.25) is 0 Å². The lowest BCUT2D eigenvalue weighted by Gasteiger charge is -2.26. The van der Waals surface area contributed by atoms with E-state index >= 15 is 0 Å². The number of barbiturate groups is 1. The summed E-state index contributed by atoms with van der Waals surface area (Å²) in [6, 6.07) is 13.5. The van der Waals surface area contributed by atoms with Crippen LogP contribution in [-0.4, -0.2) is 29.5 Å². The molecule has 4 rings (SSSR count). The van der Waals surface area contributed by atoms with Gasteiger partial charge in [-0.15, -0.1) is 0 Å². The van der Waals surface area contributed by atoms with Gasteiger partial charge >= 0.3 is 6.03 Å². The molecule has 7 heteroatoms. The summed E-state index contributed by atoms with van der Waals surface area (Å²) < 4.78 is 7.22. The Morgan fingerprint density at radius 3 is 2.47 bits per heavy atom. The normalized spacial score (nSPS) is 15.7. The van der Waals surface area contributed by atoms with Gasteiger partial charge in [-0.05, 0) is 42.8 Å². The number of nitrogens with zero attached hydrogens (tertiary/aromatic N) is 2. The van der Waals surface area contributed by atoms with Crippen LogP contribution in [-0.2, 0) is 16.1 Å². The number of para-hydroxylation sites is 1. The Labute approximate surface area is 173 Å². The fraction of sp³-hybridized carbons (Fsp3) is 0.174. The molecule has 1 N–H and O–H groups in total. The molecule has 1 saturated heterocycles. The summed E-state index contributed by atoms with van der Waals surface area (Å²) >= 11 is 0. The Balaban J connectivity index is 1.77. The minimum atomic E-state index is -0.777. The topological polar surface area (TPSA) is 80.6 Å². The van der Waals surface area contributed by atoms with Crippen molar-refractivity contribution in [1.29, 1.82) is 0 Å². The van der Waals surface area contributed by atoms with Crippen molar-refractivity contribution >= 4 is 40.5 Å². The first-order valence-corrected chi connectivity index (χ1v) is 9.67. The number of carbonyl (C=O) groups is 3. The van der Waals surface area contributed by atoms with Gasteiger partial charge in [0.2, 0.25) is 0 Å². The molecular weight excluding hydrogens is 382 g/mol. The third-order valence-electron chi connectivity index (χ3n) is 5.02. The number of urea groups is 1. The Hall–Kier alpha value is -3.87. The third kappa shape index (κ3) is 3.34. The van der Waals surface area contributed by atoms with Crippen molar-refractivity contribution in [1.82, 2.24) is 9.88 Å². The van der Waals surface area contributed by atoms with Crippen molar-refractivity contribution in [2.24, 2.45) is 0 Å². The minimum Gasteiger partial charge on any atom is -0.497 e. The predicted octanol–water partition coefficient (Wildman–Crippen LogP) is 3.73. The van der Waals surface area contributed by atoms with Gasteiger partial charge in [0.15, 0.2) is 0 Å². The number of aromatic nitrogens is 1. The molecule has 0 unspecified atom stereocenters. The fourth-order valence-electron chi connectivity index (χ4n) is 3.59. The average molecular weight is 403 g/mol. The third-order valence-corrected chi connectivity index (χ3v) is 5.02. The lowest BCUT2D eigenvalue weighted by molar-refractivity contribution is -0.122. The quantitative estimate of drug-likeness (QED) is 0.520. The van der Waals surface area contributed by atoms with Gasteiger partial charge in [0.1, 0.15) is 11.3 Å². The number of imide groups is 2. The predicted molar refractivity (Wildman–Crippen MR) is 114 cm³/mol. The van der Waals surface area contributed by atoms with Gasteiger partial charge in [0, 0.05) is 29.2 Å². The van der Waals surface area contributed by atoms with E-state index < -0.39 is 17.8 Å². The Morgan fingerprint density at radius 2 is 1.77 bits per heavy atom. The molecule has 0 bridgehead atoms. The second-order valence-corrected chi connectivity index (χ2v) is 6.95. The van der Waals surface area contributed by atoms with Crippen LogP contribution in [0, 0.1) is 0 Å². The smallest absolute Gasteiger partial charge is 0.335 e. The largest absolute Gasteiger partial charge is 0.497 e. The van der Waals surface area contributed by atoms with Crippen molar-refractivity contribution in [3.8, 4) is 5.75 Å². The summed E-state index contributed by atoms with van der Waals surface area (Å²) in [6.45, 7) is 2.91. The average Bonchev–Trinajstić information content (AvgIpc) is 3.09. The fourth-order valence-corrected chi connectivity index (χ4v) is 3.59. The maximum atomic E-state index is 13.1. The van der Waals surface area contributed by atoms with Crippen LogP contribution in [0.15, 0.2) is 60.3 Å². The zero-order valence-corrected chi connectivity index (χ0v) is 16.7. The molecule has 1 aliphatic heterocycles. The lowest BCUT2D eigenvalue weighted by Crippen LogP contribution is -2.54. The highest BCUT2D eigenvalue weighted by Crippen LogP contribution is 2.27. The van der Waals surface area contributed by atoms with E-state index in [9.17, 15) is 14.4 Å². The number of carbonyl (C=O) groups excluding carboxylic acids is 3. The van der Waals surface area contributed by atoms with E-state index in [2.05, 4.69) is 16.8 Å². The van der Waals surface area contributed by atoms with Gasteiger partial charge in [-0.2, -0.15) is 0 Å². The number of methoxy groups -OCH3 is 1. The molecule has 0 aliphatic carbocycles. The highest BCUT2D eigenvalue weighted by molar-refractivity contribution is 6.39. The molecule has 0 spiro atoms. The van der Waals surface area contributed by atoms with Crippen molar-refractivity contribution in [2.45, 2.75) is 19.9 Å². The lowest BCUT2D eigenvalue weighted by atomic mass is 10.1. The number of nitrogens with one attached hydrogen (secondary N) is 1. The van der Waals surface area contributed by atoms with E-state index in [1.54, 1.807) is 30.3 Å². The number of aryl methyl sites for hydroxylation is 1. The van der Waals surface area contributed by atoms with Gasteiger partial charge < -0.3 is 9.30 Å². The SMILES string of the molecule is CCCn1cc(/C=C2/C(=O)NC(=O)N(c3ccc(OC)cc3)C2=O)c2ccccc21. The van der Waals surface area contributed by atoms with Crippen LogP contribution in [0.5, 0.6) is 5.75 Å². The maximum Gasteiger partial charge on any atom is 0.335 e. The zero-order chi connectivity index (χ0) is 21.3. The van der Waals surface area contributed by atoms with E-state index in [1.165, 1.54) is 7.11 Å². The van der Waals surface area contributed by atoms with Gasteiger partial charge in [-0.25, -0.2) is 9.69 Å². The van der Waals surface area contributed by atoms with Gasteiger partial charge in [-0.1, -0.05) is 25.1 Å². The standard InChI is InChI=1S/C23H21N3O4/c1-3-12-25-14-15(18-6-4-5-7-20(18)25)13-19-21(27)24-23(29)26(22(19)28)16-8-10-17(30-2)11-9-16/h4-11,13-14H,3,12H2,1-2H3,(H,24,27,29)/b19-13-. The van der Waals surface area contributed by atoms with Crippen molar-refractivity contribution in [2.75, 3.05) is 12.0 Å². The second kappa shape index (κ2) is 7.87. The number of fused-ring (bicyclic) bond motifs is 1. The molecule has 1 aromatic heterocycles. The van der Waals surface area contributed by atoms with Crippen LogP contribution in [0.25, 0.3) is 17.0 Å². The van der Waals surface area contributed by atoms with Crippen LogP contribution >= 0.6 is 0 Å². The van der Waals surface area contributed by atoms with E-state index in [4.69, 9.17) is 4.74 Å². The summed E-state index contributed by atoms with van der Waals surface area (Å²) in [6.07, 6.45) is 4.43. The molecule has 0 atom stereocenters. The summed E-state index contributed by atoms with van der Waals surface area (Å²) in [4.78, 5) is 38.9. The summed E-state index contributed by atoms with van der Waals surface area (Å²) in [5.41, 5.74) is 2.04. The number of anilines is 1. The number of hydrogen-bond donors (Lipinski definition) is 1.